The maximum atomic E-state index is 12.1. The van der Waals surface area contributed by atoms with Crippen LogP contribution < -0.4 is 10.1 Å². The summed E-state index contributed by atoms with van der Waals surface area (Å²) >= 11 is 5.62. The van der Waals surface area contributed by atoms with Gasteiger partial charge in [-0.1, -0.05) is 31.3 Å². The summed E-state index contributed by atoms with van der Waals surface area (Å²) in [4.78, 5) is 17.5. The number of hydrogen-bond acceptors (Lipinski definition) is 4. The van der Waals surface area contributed by atoms with E-state index < -0.39 is 0 Å². The Balaban J connectivity index is 1.48. The third-order valence-electron chi connectivity index (χ3n) is 4.91. The Morgan fingerprint density at radius 1 is 1.04 bits per heavy atom. The molecule has 0 aliphatic carbocycles. The number of thiocarbonyl (C=S) groups is 1. The number of likely N-dealkylation sites (N-methyl/N-ethyl adjacent to an activating group) is 1. The predicted molar refractivity (Wildman–Crippen MR) is 117 cm³/mol. The lowest BCUT2D eigenvalue weighted by molar-refractivity contribution is -0.118. The fourth-order valence-corrected chi connectivity index (χ4v) is 3.37. The van der Waals surface area contributed by atoms with Crippen molar-refractivity contribution in [1.82, 2.24) is 9.80 Å². The highest BCUT2D eigenvalue weighted by Crippen LogP contribution is 2.16. The van der Waals surface area contributed by atoms with Crippen LogP contribution in [-0.4, -0.2) is 60.5 Å². The van der Waals surface area contributed by atoms with Crippen molar-refractivity contribution in [3.05, 3.63) is 59.7 Å². The van der Waals surface area contributed by atoms with E-state index in [1.165, 1.54) is 5.56 Å². The molecule has 0 bridgehead atoms. The normalized spacial score (nSPS) is 14.6. The van der Waals surface area contributed by atoms with Crippen LogP contribution in [-0.2, 0) is 11.2 Å². The van der Waals surface area contributed by atoms with Gasteiger partial charge in [-0.25, -0.2) is 0 Å². The highest BCUT2D eigenvalue weighted by atomic mass is 32.1. The predicted octanol–water partition coefficient (Wildman–Crippen LogP) is 3.19. The van der Waals surface area contributed by atoms with E-state index in [1.54, 1.807) is 0 Å². The number of rotatable bonds is 6. The van der Waals surface area contributed by atoms with Crippen LogP contribution in [0.4, 0.5) is 5.69 Å². The maximum absolute atomic E-state index is 12.1. The molecule has 3 rings (SSSR count). The first-order chi connectivity index (χ1) is 13.5. The van der Waals surface area contributed by atoms with Crippen LogP contribution >= 0.6 is 12.2 Å². The summed E-state index contributed by atoms with van der Waals surface area (Å²) in [6, 6.07) is 15.5. The second kappa shape index (κ2) is 9.66. The Morgan fingerprint density at radius 3 is 2.29 bits per heavy atom. The van der Waals surface area contributed by atoms with Gasteiger partial charge in [0.2, 0.25) is 0 Å². The van der Waals surface area contributed by atoms with Crippen LogP contribution in [0.25, 0.3) is 0 Å². The highest BCUT2D eigenvalue weighted by Gasteiger charge is 2.17. The van der Waals surface area contributed by atoms with E-state index in [1.807, 2.05) is 48.5 Å². The molecule has 2 aromatic rings. The fraction of sp³-hybridized carbons (Fsp3) is 0.364. The summed E-state index contributed by atoms with van der Waals surface area (Å²) in [5.74, 6) is 0.475. The van der Waals surface area contributed by atoms with Gasteiger partial charge in [0.1, 0.15) is 10.7 Å². The summed E-state index contributed by atoms with van der Waals surface area (Å²) in [6.07, 6.45) is 0.978. The van der Waals surface area contributed by atoms with E-state index in [0.29, 0.717) is 5.75 Å². The molecule has 2 aromatic carbocycles. The summed E-state index contributed by atoms with van der Waals surface area (Å²) in [7, 11) is 2.13. The standard InChI is InChI=1S/C22H27N3O2S/c1-3-17-4-8-19(9-5-17)23-21(26)16-27-20-10-6-18(7-11-20)22(28)25-14-12-24(2)13-15-25/h4-11H,3,12-16H2,1-2H3,(H,23,26). The molecular weight excluding hydrogens is 370 g/mol. The number of piperazine rings is 1. The summed E-state index contributed by atoms with van der Waals surface area (Å²) in [5, 5.41) is 2.84. The SMILES string of the molecule is CCc1ccc(NC(=O)COc2ccc(C(=S)N3CCN(C)CC3)cc2)cc1. The largest absolute Gasteiger partial charge is 0.484 e. The van der Waals surface area contributed by atoms with Crippen molar-refractivity contribution in [2.75, 3.05) is 45.2 Å². The van der Waals surface area contributed by atoms with Crippen molar-refractivity contribution in [2.45, 2.75) is 13.3 Å². The van der Waals surface area contributed by atoms with Gasteiger partial charge in [-0.15, -0.1) is 0 Å². The van der Waals surface area contributed by atoms with Crippen molar-refractivity contribution in [1.29, 1.82) is 0 Å². The van der Waals surface area contributed by atoms with Gasteiger partial charge in [-0.2, -0.15) is 0 Å². The molecule has 1 heterocycles. The lowest BCUT2D eigenvalue weighted by Crippen LogP contribution is -2.46. The van der Waals surface area contributed by atoms with Crippen LogP contribution in [0.5, 0.6) is 5.75 Å². The zero-order chi connectivity index (χ0) is 19.9. The van der Waals surface area contributed by atoms with Gasteiger partial charge >= 0.3 is 0 Å². The molecule has 28 heavy (non-hydrogen) atoms. The molecule has 0 saturated carbocycles. The molecular formula is C22H27N3O2S. The van der Waals surface area contributed by atoms with Crippen LogP contribution in [0.15, 0.2) is 48.5 Å². The summed E-state index contributed by atoms with van der Waals surface area (Å²) < 4.78 is 5.60. The number of hydrogen-bond donors (Lipinski definition) is 1. The van der Waals surface area contributed by atoms with E-state index >= 15 is 0 Å². The van der Waals surface area contributed by atoms with Gasteiger partial charge in [0.15, 0.2) is 6.61 Å². The number of ether oxygens (including phenoxy) is 1. The van der Waals surface area contributed by atoms with Crippen molar-refractivity contribution in [3.8, 4) is 5.75 Å². The van der Waals surface area contributed by atoms with Gasteiger partial charge in [-0.05, 0) is 55.4 Å². The third-order valence-corrected chi connectivity index (χ3v) is 5.40. The van der Waals surface area contributed by atoms with E-state index in [-0.39, 0.29) is 12.5 Å². The molecule has 0 aromatic heterocycles. The molecule has 1 aliphatic rings. The van der Waals surface area contributed by atoms with Crippen molar-refractivity contribution in [3.63, 3.8) is 0 Å². The molecule has 148 valence electrons. The molecule has 6 heteroatoms. The number of carbonyl (C=O) groups excluding carboxylic acids is 1. The molecule has 0 spiro atoms. The lowest BCUT2D eigenvalue weighted by atomic mass is 10.1. The number of carbonyl (C=O) groups is 1. The molecule has 0 unspecified atom stereocenters. The number of anilines is 1. The summed E-state index contributed by atoms with van der Waals surface area (Å²) in [6.45, 7) is 6.03. The Bertz CT molecular complexity index is 798. The molecule has 1 N–H and O–H groups in total. The van der Waals surface area contributed by atoms with Crippen molar-refractivity contribution < 1.29 is 9.53 Å². The molecule has 1 fully saturated rings. The average Bonchev–Trinajstić information content (AvgIpc) is 2.73. The minimum atomic E-state index is -0.179. The average molecular weight is 398 g/mol. The van der Waals surface area contributed by atoms with Crippen molar-refractivity contribution >= 4 is 28.8 Å². The number of nitrogens with one attached hydrogen (secondary N) is 1. The first kappa shape index (κ1) is 20.3. The minimum absolute atomic E-state index is 0.0300. The van der Waals surface area contributed by atoms with Crippen LogP contribution in [0.1, 0.15) is 18.1 Å². The van der Waals surface area contributed by atoms with E-state index in [4.69, 9.17) is 17.0 Å². The Kier molecular flexibility index (Phi) is 7.01. The fourth-order valence-electron chi connectivity index (χ4n) is 3.06. The van der Waals surface area contributed by atoms with Gasteiger partial charge < -0.3 is 19.9 Å². The smallest absolute Gasteiger partial charge is 0.262 e. The second-order valence-corrected chi connectivity index (χ2v) is 7.39. The Labute approximate surface area is 172 Å². The summed E-state index contributed by atoms with van der Waals surface area (Å²) in [5.41, 5.74) is 3.02. The third kappa shape index (κ3) is 5.53. The van der Waals surface area contributed by atoms with Crippen LogP contribution in [0.3, 0.4) is 0 Å². The van der Waals surface area contributed by atoms with Gasteiger partial charge in [0.25, 0.3) is 5.91 Å². The highest BCUT2D eigenvalue weighted by molar-refractivity contribution is 7.80. The first-order valence-corrected chi connectivity index (χ1v) is 10.1. The first-order valence-electron chi connectivity index (χ1n) is 9.64. The monoisotopic (exact) mass is 397 g/mol. The molecule has 5 nitrogen and oxygen atoms in total. The van der Waals surface area contributed by atoms with Crippen LogP contribution in [0.2, 0.25) is 0 Å². The Hall–Kier alpha value is -2.44. The number of aryl methyl sites for hydroxylation is 1. The molecule has 1 amide bonds. The minimum Gasteiger partial charge on any atom is -0.484 e. The van der Waals surface area contributed by atoms with Crippen LogP contribution in [0, 0.1) is 0 Å². The van der Waals surface area contributed by atoms with E-state index in [9.17, 15) is 4.79 Å². The number of amides is 1. The number of nitrogens with zero attached hydrogens (tertiary/aromatic N) is 2. The Morgan fingerprint density at radius 2 is 1.68 bits per heavy atom. The zero-order valence-electron chi connectivity index (χ0n) is 16.5. The molecule has 1 saturated heterocycles. The van der Waals surface area contributed by atoms with E-state index in [0.717, 1.165) is 48.8 Å². The van der Waals surface area contributed by atoms with Gasteiger partial charge in [-0.3, -0.25) is 4.79 Å². The molecule has 0 atom stereocenters. The van der Waals surface area contributed by atoms with Gasteiger partial charge in [0.05, 0.1) is 0 Å². The quantitative estimate of drug-likeness (QED) is 0.759. The zero-order valence-corrected chi connectivity index (χ0v) is 17.3. The van der Waals surface area contributed by atoms with Crippen molar-refractivity contribution in [2.24, 2.45) is 0 Å². The number of benzene rings is 2. The van der Waals surface area contributed by atoms with Gasteiger partial charge in [0, 0.05) is 37.4 Å². The molecule has 1 aliphatic heterocycles. The maximum Gasteiger partial charge on any atom is 0.262 e. The molecule has 0 radical (unpaired) electrons. The topological polar surface area (TPSA) is 44.8 Å². The second-order valence-electron chi connectivity index (χ2n) is 7.01. The lowest BCUT2D eigenvalue weighted by Gasteiger charge is -2.34. The van der Waals surface area contributed by atoms with E-state index in [2.05, 4.69) is 29.1 Å².